The Bertz CT molecular complexity index is 726. The van der Waals surface area contributed by atoms with Crippen molar-refractivity contribution in [3.05, 3.63) is 29.8 Å². The first-order chi connectivity index (χ1) is 11.9. The number of amides is 5. The number of anilines is 1. The van der Waals surface area contributed by atoms with Gasteiger partial charge < -0.3 is 5.32 Å². The number of nitrogens with zero attached hydrogens (tertiary/aromatic N) is 2. The zero-order valence-electron chi connectivity index (χ0n) is 14.1. The quantitative estimate of drug-likeness (QED) is 0.457. The molecule has 1 aromatic carbocycles. The van der Waals surface area contributed by atoms with Gasteiger partial charge in [-0.3, -0.25) is 24.1 Å². The fraction of sp³-hybridized carbons (Fsp3) is 0.353. The molecule has 0 saturated carbocycles. The van der Waals surface area contributed by atoms with Crippen LogP contribution in [0.3, 0.4) is 0 Å². The van der Waals surface area contributed by atoms with Crippen LogP contribution in [0, 0.1) is 0 Å². The van der Waals surface area contributed by atoms with Crippen molar-refractivity contribution in [2.45, 2.75) is 26.7 Å². The number of nitrogens with one attached hydrogen (secondary N) is 1. The summed E-state index contributed by atoms with van der Waals surface area (Å²) in [7, 11) is 0. The second kappa shape index (κ2) is 7.69. The Labute approximate surface area is 144 Å². The van der Waals surface area contributed by atoms with Crippen molar-refractivity contribution in [1.29, 1.82) is 0 Å². The molecule has 0 unspecified atom stereocenters. The summed E-state index contributed by atoms with van der Waals surface area (Å²) >= 11 is 0. The van der Waals surface area contributed by atoms with Crippen molar-refractivity contribution in [3.8, 4) is 0 Å². The van der Waals surface area contributed by atoms with E-state index in [0.29, 0.717) is 23.4 Å². The molecule has 0 bridgehead atoms. The largest absolute Gasteiger partial charge is 0.334 e. The minimum Gasteiger partial charge on any atom is -0.326 e. The van der Waals surface area contributed by atoms with Crippen LogP contribution >= 0.6 is 0 Å². The van der Waals surface area contributed by atoms with E-state index in [1.165, 1.54) is 12.1 Å². The maximum absolute atomic E-state index is 12.3. The van der Waals surface area contributed by atoms with Gasteiger partial charge in [0.25, 0.3) is 0 Å². The summed E-state index contributed by atoms with van der Waals surface area (Å²) in [6.07, 6.45) is 0.861. The zero-order chi connectivity index (χ0) is 18.6. The van der Waals surface area contributed by atoms with E-state index < -0.39 is 30.2 Å². The summed E-state index contributed by atoms with van der Waals surface area (Å²) in [6.45, 7) is 3.14. The molecule has 0 spiro atoms. The molecule has 8 nitrogen and oxygen atoms in total. The van der Waals surface area contributed by atoms with Crippen LogP contribution in [0.1, 0.15) is 37.0 Å². The second-order valence-corrected chi connectivity index (χ2v) is 5.53. The van der Waals surface area contributed by atoms with Gasteiger partial charge >= 0.3 is 17.8 Å². The van der Waals surface area contributed by atoms with E-state index in [1.807, 2.05) is 0 Å². The van der Waals surface area contributed by atoms with Gasteiger partial charge in [-0.15, -0.1) is 0 Å². The van der Waals surface area contributed by atoms with Crippen molar-refractivity contribution in [2.24, 2.45) is 0 Å². The number of carbonyl (C=O) groups excluding carboxylic acids is 5. The monoisotopic (exact) mass is 345 g/mol. The highest BCUT2D eigenvalue weighted by atomic mass is 16.2. The summed E-state index contributed by atoms with van der Waals surface area (Å²) < 4.78 is 0. The van der Waals surface area contributed by atoms with E-state index in [9.17, 15) is 24.0 Å². The van der Waals surface area contributed by atoms with Crippen molar-refractivity contribution >= 4 is 35.2 Å². The second-order valence-electron chi connectivity index (χ2n) is 5.53. The highest BCUT2D eigenvalue weighted by Gasteiger charge is 2.44. The molecule has 1 N–H and O–H groups in total. The van der Waals surface area contributed by atoms with Gasteiger partial charge in [-0.25, -0.2) is 9.69 Å². The molecule has 2 rings (SSSR count). The van der Waals surface area contributed by atoms with Crippen LogP contribution in [0.4, 0.5) is 10.5 Å². The van der Waals surface area contributed by atoms with Gasteiger partial charge in [0.1, 0.15) is 0 Å². The van der Waals surface area contributed by atoms with Crippen LogP contribution in [-0.4, -0.2) is 52.4 Å². The zero-order valence-corrected chi connectivity index (χ0v) is 14.1. The lowest BCUT2D eigenvalue weighted by Gasteiger charge is -2.14. The maximum Gasteiger partial charge on any atom is 0.334 e. The van der Waals surface area contributed by atoms with Crippen LogP contribution < -0.4 is 5.32 Å². The Morgan fingerprint density at radius 2 is 1.56 bits per heavy atom. The SMILES string of the molecule is CCCN1C(=O)C(=O)N(CC(=O)c2ccc(NC(=O)CC)cc2)C1=O. The number of rotatable bonds is 7. The highest BCUT2D eigenvalue weighted by Crippen LogP contribution is 2.15. The van der Waals surface area contributed by atoms with Crippen molar-refractivity contribution < 1.29 is 24.0 Å². The minimum atomic E-state index is -0.987. The van der Waals surface area contributed by atoms with Crippen LogP contribution in [0.5, 0.6) is 0 Å². The number of carbonyl (C=O) groups is 5. The van der Waals surface area contributed by atoms with Gasteiger partial charge in [-0.2, -0.15) is 0 Å². The molecular weight excluding hydrogens is 326 g/mol. The lowest BCUT2D eigenvalue weighted by Crippen LogP contribution is -2.37. The molecule has 1 saturated heterocycles. The number of hydrogen-bond acceptors (Lipinski definition) is 5. The molecule has 1 aromatic rings. The molecule has 0 radical (unpaired) electrons. The normalized spacial score (nSPS) is 14.2. The average Bonchev–Trinajstić information content (AvgIpc) is 2.80. The molecule has 0 aromatic heterocycles. The highest BCUT2D eigenvalue weighted by molar-refractivity contribution is 6.45. The Kier molecular flexibility index (Phi) is 5.63. The van der Waals surface area contributed by atoms with E-state index in [1.54, 1.807) is 26.0 Å². The first kappa shape index (κ1) is 18.3. The van der Waals surface area contributed by atoms with E-state index in [0.717, 1.165) is 4.90 Å². The van der Waals surface area contributed by atoms with Gasteiger partial charge in [0.05, 0.1) is 6.54 Å². The molecule has 0 atom stereocenters. The molecule has 1 heterocycles. The molecule has 1 aliphatic rings. The van der Waals surface area contributed by atoms with Crippen LogP contribution in [0.25, 0.3) is 0 Å². The fourth-order valence-electron chi connectivity index (χ4n) is 2.33. The first-order valence-electron chi connectivity index (χ1n) is 7.99. The third kappa shape index (κ3) is 3.90. The van der Waals surface area contributed by atoms with Crippen molar-refractivity contribution in [2.75, 3.05) is 18.4 Å². The van der Waals surface area contributed by atoms with E-state index in [4.69, 9.17) is 0 Å². The Morgan fingerprint density at radius 3 is 2.12 bits per heavy atom. The number of Topliss-reactive ketones (excluding diaryl/α,β-unsaturated/α-hetero) is 1. The Morgan fingerprint density at radius 1 is 0.960 bits per heavy atom. The third-order valence-electron chi connectivity index (χ3n) is 3.70. The molecule has 5 amide bonds. The van der Waals surface area contributed by atoms with E-state index in [2.05, 4.69) is 5.32 Å². The van der Waals surface area contributed by atoms with Gasteiger partial charge in [0.2, 0.25) is 5.91 Å². The minimum absolute atomic E-state index is 0.139. The number of ketones is 1. The topological polar surface area (TPSA) is 104 Å². The third-order valence-corrected chi connectivity index (χ3v) is 3.70. The summed E-state index contributed by atoms with van der Waals surface area (Å²) in [5.74, 6) is -2.51. The molecule has 8 heteroatoms. The van der Waals surface area contributed by atoms with Gasteiger partial charge in [-0.1, -0.05) is 13.8 Å². The summed E-state index contributed by atoms with van der Waals surface area (Å²) in [6, 6.07) is 5.33. The Hall–Kier alpha value is -3.03. The molecule has 0 aliphatic carbocycles. The maximum atomic E-state index is 12.3. The number of benzene rings is 1. The number of imide groups is 2. The first-order valence-corrected chi connectivity index (χ1v) is 7.99. The molecule has 1 fully saturated rings. The molecule has 132 valence electrons. The predicted molar refractivity (Wildman–Crippen MR) is 88.8 cm³/mol. The molecule has 1 aliphatic heterocycles. The van der Waals surface area contributed by atoms with Crippen LogP contribution in [0.15, 0.2) is 24.3 Å². The van der Waals surface area contributed by atoms with Gasteiger partial charge in [-0.05, 0) is 30.7 Å². The Balaban J connectivity index is 2.06. The fourth-order valence-corrected chi connectivity index (χ4v) is 2.33. The van der Waals surface area contributed by atoms with Crippen LogP contribution in [-0.2, 0) is 14.4 Å². The van der Waals surface area contributed by atoms with Crippen molar-refractivity contribution in [1.82, 2.24) is 9.80 Å². The van der Waals surface area contributed by atoms with Gasteiger partial charge in [0, 0.05) is 24.2 Å². The lowest BCUT2D eigenvalue weighted by molar-refractivity contribution is -0.143. The summed E-state index contributed by atoms with van der Waals surface area (Å²) in [4.78, 5) is 60.9. The average molecular weight is 345 g/mol. The molecular formula is C17H19N3O5. The van der Waals surface area contributed by atoms with E-state index >= 15 is 0 Å². The smallest absolute Gasteiger partial charge is 0.326 e. The van der Waals surface area contributed by atoms with Crippen molar-refractivity contribution in [3.63, 3.8) is 0 Å². The summed E-state index contributed by atoms with van der Waals surface area (Å²) in [5.41, 5.74) is 0.817. The predicted octanol–water partition coefficient (Wildman–Crippen LogP) is 1.42. The molecule has 25 heavy (non-hydrogen) atoms. The standard InChI is InChI=1S/C17H19N3O5/c1-3-9-19-15(23)16(24)20(17(19)25)10-13(21)11-5-7-12(8-6-11)18-14(22)4-2/h5-8H,3-4,9-10H2,1-2H3,(H,18,22). The van der Waals surface area contributed by atoms with Gasteiger partial charge in [0.15, 0.2) is 5.78 Å². The summed E-state index contributed by atoms with van der Waals surface area (Å²) in [5, 5.41) is 2.65. The number of urea groups is 1. The van der Waals surface area contributed by atoms with E-state index in [-0.39, 0.29) is 18.0 Å². The number of hydrogen-bond donors (Lipinski definition) is 1. The van der Waals surface area contributed by atoms with Crippen LogP contribution in [0.2, 0.25) is 0 Å². The lowest BCUT2D eigenvalue weighted by atomic mass is 10.1.